The summed E-state index contributed by atoms with van der Waals surface area (Å²) in [5, 5.41) is 0.642. The van der Waals surface area contributed by atoms with Crippen molar-refractivity contribution in [1.29, 1.82) is 0 Å². The molecule has 0 saturated carbocycles. The standard InChI is InChI=1S/C27H38N4O3S2.ClH/c1-19(2)17-30(18-20(3)4)36(33,34)23-13-11-22(12-14-23)26(32)31(16-15-29(6)7)27-28-25-21(5)9-8-10-24(25)35-27;/h8-14,19-20H,15-18H2,1-7H3;1H. The van der Waals surface area contributed by atoms with Crippen molar-refractivity contribution in [2.75, 3.05) is 45.2 Å². The first-order chi connectivity index (χ1) is 16.9. The Hall–Kier alpha value is -2.04. The molecular formula is C27H39ClN4O3S2. The zero-order valence-corrected chi connectivity index (χ0v) is 25.2. The number of aromatic nitrogens is 1. The van der Waals surface area contributed by atoms with Crippen LogP contribution in [0.3, 0.4) is 0 Å². The van der Waals surface area contributed by atoms with E-state index < -0.39 is 10.0 Å². The molecule has 3 aromatic rings. The van der Waals surface area contributed by atoms with Crippen LogP contribution in [0.1, 0.15) is 43.6 Å². The molecule has 0 saturated heterocycles. The summed E-state index contributed by atoms with van der Waals surface area (Å²) >= 11 is 1.49. The zero-order chi connectivity index (χ0) is 26.6. The predicted octanol–water partition coefficient (Wildman–Crippen LogP) is 5.54. The summed E-state index contributed by atoms with van der Waals surface area (Å²) in [5.41, 5.74) is 2.40. The Bertz CT molecular complexity index is 1280. The Balaban J connectivity index is 0.00000481. The van der Waals surface area contributed by atoms with Gasteiger partial charge in [0.15, 0.2) is 5.13 Å². The van der Waals surface area contributed by atoms with Crippen LogP contribution in [-0.2, 0) is 10.0 Å². The fourth-order valence-electron chi connectivity index (χ4n) is 3.93. The number of para-hydroxylation sites is 1. The number of rotatable bonds is 11. The van der Waals surface area contributed by atoms with Gasteiger partial charge in [-0.2, -0.15) is 4.31 Å². The topological polar surface area (TPSA) is 73.8 Å². The van der Waals surface area contributed by atoms with Crippen molar-refractivity contribution < 1.29 is 13.2 Å². The number of fused-ring (bicyclic) bond motifs is 1. The van der Waals surface area contributed by atoms with Crippen molar-refractivity contribution in [1.82, 2.24) is 14.2 Å². The second-order valence-corrected chi connectivity index (χ2v) is 13.3. The Morgan fingerprint density at radius 3 is 2.05 bits per heavy atom. The summed E-state index contributed by atoms with van der Waals surface area (Å²) in [7, 11) is 0.268. The van der Waals surface area contributed by atoms with Gasteiger partial charge in [0, 0.05) is 31.7 Å². The minimum atomic E-state index is -3.66. The van der Waals surface area contributed by atoms with E-state index in [-0.39, 0.29) is 35.0 Å². The van der Waals surface area contributed by atoms with E-state index in [0.717, 1.165) is 15.8 Å². The van der Waals surface area contributed by atoms with Gasteiger partial charge in [0.05, 0.1) is 15.1 Å². The fourth-order valence-corrected chi connectivity index (χ4v) is 6.77. The Kier molecular flexibility index (Phi) is 11.1. The number of hydrogen-bond acceptors (Lipinski definition) is 6. The van der Waals surface area contributed by atoms with Crippen LogP contribution < -0.4 is 4.90 Å². The second kappa shape index (κ2) is 13.2. The number of anilines is 1. The minimum absolute atomic E-state index is 0. The Labute approximate surface area is 231 Å². The summed E-state index contributed by atoms with van der Waals surface area (Å²) in [4.78, 5) is 22.3. The van der Waals surface area contributed by atoms with Crippen LogP contribution >= 0.6 is 23.7 Å². The van der Waals surface area contributed by atoms with Gasteiger partial charge in [-0.15, -0.1) is 12.4 Å². The molecule has 37 heavy (non-hydrogen) atoms. The number of likely N-dealkylation sites (N-methyl/N-ethyl adjacent to an activating group) is 1. The largest absolute Gasteiger partial charge is 0.308 e. The van der Waals surface area contributed by atoms with Crippen molar-refractivity contribution in [3.63, 3.8) is 0 Å². The van der Waals surface area contributed by atoms with Crippen molar-refractivity contribution in [2.24, 2.45) is 11.8 Å². The number of thiazole rings is 1. The average Bonchev–Trinajstić information content (AvgIpc) is 3.23. The maximum atomic E-state index is 13.6. The summed E-state index contributed by atoms with van der Waals surface area (Å²) in [6.07, 6.45) is 0. The molecule has 2 aromatic carbocycles. The SMILES string of the molecule is Cc1cccc2sc(N(CCN(C)C)C(=O)c3ccc(S(=O)(=O)N(CC(C)C)CC(C)C)cc3)nc12.Cl. The van der Waals surface area contributed by atoms with Crippen LogP contribution in [0.2, 0.25) is 0 Å². The molecule has 0 unspecified atom stereocenters. The van der Waals surface area contributed by atoms with Gasteiger partial charge in [-0.3, -0.25) is 9.69 Å². The molecule has 10 heteroatoms. The number of hydrogen-bond donors (Lipinski definition) is 0. The fraction of sp³-hybridized carbons (Fsp3) is 0.481. The van der Waals surface area contributed by atoms with E-state index in [0.29, 0.717) is 36.9 Å². The summed E-state index contributed by atoms with van der Waals surface area (Å²) in [5.74, 6) is 0.225. The van der Waals surface area contributed by atoms with Crippen molar-refractivity contribution >= 4 is 55.0 Å². The number of aryl methyl sites for hydroxylation is 1. The molecule has 0 aliphatic carbocycles. The van der Waals surface area contributed by atoms with Gasteiger partial charge in [0.25, 0.3) is 5.91 Å². The highest BCUT2D eigenvalue weighted by atomic mass is 35.5. The third kappa shape index (κ3) is 7.74. The highest BCUT2D eigenvalue weighted by Gasteiger charge is 2.27. The molecule has 3 rings (SSSR count). The van der Waals surface area contributed by atoms with Gasteiger partial charge >= 0.3 is 0 Å². The van der Waals surface area contributed by atoms with Gasteiger partial charge < -0.3 is 4.90 Å². The molecular weight excluding hydrogens is 528 g/mol. The number of nitrogens with zero attached hydrogens (tertiary/aromatic N) is 4. The first-order valence-corrected chi connectivity index (χ1v) is 14.6. The first kappa shape index (κ1) is 31.2. The lowest BCUT2D eigenvalue weighted by atomic mass is 10.2. The van der Waals surface area contributed by atoms with E-state index in [1.807, 2.05) is 71.8 Å². The van der Waals surface area contributed by atoms with E-state index >= 15 is 0 Å². The molecule has 0 radical (unpaired) electrons. The lowest BCUT2D eigenvalue weighted by Crippen LogP contribution is -2.37. The van der Waals surface area contributed by atoms with Crippen LogP contribution in [0, 0.1) is 18.8 Å². The van der Waals surface area contributed by atoms with E-state index in [2.05, 4.69) is 0 Å². The highest BCUT2D eigenvalue weighted by molar-refractivity contribution is 7.89. The molecule has 1 aromatic heterocycles. The highest BCUT2D eigenvalue weighted by Crippen LogP contribution is 2.31. The van der Waals surface area contributed by atoms with Crippen LogP contribution in [0.25, 0.3) is 10.2 Å². The monoisotopic (exact) mass is 566 g/mol. The normalized spacial score (nSPS) is 12.1. The molecule has 1 heterocycles. The lowest BCUT2D eigenvalue weighted by Gasteiger charge is -2.26. The molecule has 1 amide bonds. The van der Waals surface area contributed by atoms with E-state index in [4.69, 9.17) is 4.98 Å². The molecule has 0 fully saturated rings. The maximum absolute atomic E-state index is 13.6. The van der Waals surface area contributed by atoms with Crippen LogP contribution in [-0.4, -0.2) is 68.8 Å². The van der Waals surface area contributed by atoms with Crippen molar-refractivity contribution in [3.05, 3.63) is 53.6 Å². The van der Waals surface area contributed by atoms with Crippen molar-refractivity contribution in [3.8, 4) is 0 Å². The third-order valence-corrected chi connectivity index (χ3v) is 8.62. The van der Waals surface area contributed by atoms with Crippen LogP contribution in [0.5, 0.6) is 0 Å². The number of benzene rings is 2. The molecule has 0 spiro atoms. The summed E-state index contributed by atoms with van der Waals surface area (Å²) < 4.78 is 29.3. The van der Waals surface area contributed by atoms with Gasteiger partial charge in [0.1, 0.15) is 0 Å². The van der Waals surface area contributed by atoms with Gasteiger partial charge in [0.2, 0.25) is 10.0 Å². The van der Waals surface area contributed by atoms with E-state index in [9.17, 15) is 13.2 Å². The van der Waals surface area contributed by atoms with Crippen molar-refractivity contribution in [2.45, 2.75) is 39.5 Å². The number of carbonyl (C=O) groups excluding carboxylic acids is 1. The van der Waals surface area contributed by atoms with Gasteiger partial charge in [-0.05, 0) is 68.8 Å². The second-order valence-electron chi connectivity index (χ2n) is 10.3. The molecule has 0 aliphatic heterocycles. The number of carbonyl (C=O) groups is 1. The Morgan fingerprint density at radius 1 is 0.946 bits per heavy atom. The molecule has 0 atom stereocenters. The quantitative estimate of drug-likeness (QED) is 0.305. The van der Waals surface area contributed by atoms with Crippen LogP contribution in [0.15, 0.2) is 47.4 Å². The number of halogens is 1. The van der Waals surface area contributed by atoms with Crippen LogP contribution in [0.4, 0.5) is 5.13 Å². The average molecular weight is 567 g/mol. The predicted molar refractivity (Wildman–Crippen MR) is 157 cm³/mol. The maximum Gasteiger partial charge on any atom is 0.260 e. The number of sulfonamides is 1. The summed E-state index contributed by atoms with van der Waals surface area (Å²) in [6.45, 7) is 12.1. The molecule has 204 valence electrons. The molecule has 0 aliphatic rings. The minimum Gasteiger partial charge on any atom is -0.308 e. The smallest absolute Gasteiger partial charge is 0.260 e. The van der Waals surface area contributed by atoms with E-state index in [1.165, 1.54) is 11.3 Å². The zero-order valence-electron chi connectivity index (χ0n) is 22.8. The Morgan fingerprint density at radius 2 is 1.54 bits per heavy atom. The molecule has 0 N–H and O–H groups in total. The van der Waals surface area contributed by atoms with E-state index in [1.54, 1.807) is 33.5 Å². The summed E-state index contributed by atoms with van der Waals surface area (Å²) in [6, 6.07) is 12.3. The third-order valence-electron chi connectivity index (χ3n) is 5.73. The first-order valence-electron chi connectivity index (χ1n) is 12.3. The van der Waals surface area contributed by atoms with Gasteiger partial charge in [-0.1, -0.05) is 51.2 Å². The molecule has 0 bridgehead atoms. The number of amides is 1. The lowest BCUT2D eigenvalue weighted by molar-refractivity contribution is 0.0985. The molecule has 7 nitrogen and oxygen atoms in total. The van der Waals surface area contributed by atoms with Gasteiger partial charge in [-0.25, -0.2) is 13.4 Å².